The summed E-state index contributed by atoms with van der Waals surface area (Å²) >= 11 is 7.30. The molecular formula is C4HF2KO2S2. The van der Waals surface area contributed by atoms with E-state index in [9.17, 15) is 18.4 Å². The molecule has 0 unspecified atom stereocenters. The SMILES string of the molecule is O=C(C(=O)C(F)=S)C(F)=S.[H-].[K+]. The molecule has 0 aromatic heterocycles. The zero-order chi connectivity index (χ0) is 8.31. The first-order chi connectivity index (χ1) is 4.46. The number of carbonyl (C=O) groups excluding carboxylic acids is 2. The van der Waals surface area contributed by atoms with Gasteiger partial charge in [-0.25, -0.2) is 0 Å². The van der Waals surface area contributed by atoms with Gasteiger partial charge in [0.1, 0.15) is 0 Å². The van der Waals surface area contributed by atoms with Crippen molar-refractivity contribution in [2.75, 3.05) is 0 Å². The van der Waals surface area contributed by atoms with Crippen LogP contribution in [-0.4, -0.2) is 21.8 Å². The number of hydrogen-bond donors (Lipinski definition) is 0. The van der Waals surface area contributed by atoms with Gasteiger partial charge in [0.05, 0.1) is 0 Å². The van der Waals surface area contributed by atoms with E-state index >= 15 is 0 Å². The van der Waals surface area contributed by atoms with Gasteiger partial charge in [0, 0.05) is 0 Å². The summed E-state index contributed by atoms with van der Waals surface area (Å²) in [5.74, 6) is -3.41. The van der Waals surface area contributed by atoms with E-state index in [0.29, 0.717) is 0 Å². The van der Waals surface area contributed by atoms with Crippen LogP contribution in [0.1, 0.15) is 1.43 Å². The molecule has 0 bridgehead atoms. The number of hydrogen-bond acceptors (Lipinski definition) is 4. The third-order valence-electron chi connectivity index (χ3n) is 0.563. The van der Waals surface area contributed by atoms with Crippen molar-refractivity contribution in [3.63, 3.8) is 0 Å². The molecule has 56 valence electrons. The number of ketones is 2. The van der Waals surface area contributed by atoms with E-state index in [2.05, 4.69) is 24.4 Å². The van der Waals surface area contributed by atoms with Crippen LogP contribution in [0.3, 0.4) is 0 Å². The molecule has 0 radical (unpaired) electrons. The molecule has 0 aromatic carbocycles. The molecule has 0 rings (SSSR count). The summed E-state index contributed by atoms with van der Waals surface area (Å²) in [7, 11) is 0. The summed E-state index contributed by atoms with van der Waals surface area (Å²) < 4.78 is 23.3. The minimum absolute atomic E-state index is 0. The monoisotopic (exact) mass is 222 g/mol. The molecule has 0 aromatic rings. The van der Waals surface area contributed by atoms with Crippen molar-refractivity contribution in [3.05, 3.63) is 0 Å². The number of halogens is 2. The van der Waals surface area contributed by atoms with Crippen LogP contribution in [-0.2, 0) is 9.59 Å². The minimum atomic E-state index is -1.71. The van der Waals surface area contributed by atoms with E-state index in [4.69, 9.17) is 0 Å². The van der Waals surface area contributed by atoms with Gasteiger partial charge >= 0.3 is 51.4 Å². The normalized spacial score (nSPS) is 7.82. The van der Waals surface area contributed by atoms with Crippen LogP contribution < -0.4 is 51.4 Å². The Balaban J connectivity index is -0.000000405. The summed E-state index contributed by atoms with van der Waals surface area (Å²) in [6.45, 7) is 0. The molecule has 0 amide bonds. The van der Waals surface area contributed by atoms with Gasteiger partial charge in [-0.05, 0) is 24.4 Å². The van der Waals surface area contributed by atoms with Gasteiger partial charge in [-0.3, -0.25) is 9.59 Å². The quantitative estimate of drug-likeness (QED) is 0.236. The average Bonchev–Trinajstić information content (AvgIpc) is 1.84. The summed E-state index contributed by atoms with van der Waals surface area (Å²) in [6, 6.07) is 0. The molecule has 0 N–H and O–H groups in total. The number of carbonyl (C=O) groups is 2. The molecule has 11 heavy (non-hydrogen) atoms. The van der Waals surface area contributed by atoms with Crippen molar-refractivity contribution in [2.24, 2.45) is 0 Å². The van der Waals surface area contributed by atoms with Crippen LogP contribution in [0.5, 0.6) is 0 Å². The largest absolute Gasteiger partial charge is 1.00 e. The summed E-state index contributed by atoms with van der Waals surface area (Å²) in [5, 5.41) is -3.35. The molecule has 0 saturated carbocycles. The van der Waals surface area contributed by atoms with Crippen LogP contribution in [0.25, 0.3) is 0 Å². The van der Waals surface area contributed by atoms with E-state index in [0.717, 1.165) is 0 Å². The van der Waals surface area contributed by atoms with Gasteiger partial charge in [0.25, 0.3) is 11.6 Å². The number of thiocarbonyl (C=S) groups is 2. The van der Waals surface area contributed by atoms with Crippen LogP contribution in [0.4, 0.5) is 8.78 Å². The fourth-order valence-electron chi connectivity index (χ4n) is 0.179. The van der Waals surface area contributed by atoms with Crippen molar-refractivity contribution < 1.29 is 71.2 Å². The molecule has 0 heterocycles. The third kappa shape index (κ3) is 5.29. The Kier molecular flexibility index (Phi) is 8.62. The molecular weight excluding hydrogens is 221 g/mol. The Morgan fingerprint density at radius 2 is 1.18 bits per heavy atom. The first-order valence-electron chi connectivity index (χ1n) is 1.94. The first-order valence-corrected chi connectivity index (χ1v) is 2.76. The van der Waals surface area contributed by atoms with E-state index in [1.54, 1.807) is 0 Å². The maximum absolute atomic E-state index is 11.6. The molecule has 0 aliphatic heterocycles. The van der Waals surface area contributed by atoms with Crippen LogP contribution in [0.2, 0.25) is 0 Å². The molecule has 0 aliphatic rings. The summed E-state index contributed by atoms with van der Waals surface area (Å²) in [5.41, 5.74) is 0. The van der Waals surface area contributed by atoms with Crippen molar-refractivity contribution in [2.45, 2.75) is 0 Å². The third-order valence-corrected chi connectivity index (χ3v) is 0.934. The second-order valence-corrected chi connectivity index (χ2v) is 1.92. The van der Waals surface area contributed by atoms with Crippen molar-refractivity contribution >= 4 is 46.2 Å². The zero-order valence-electron chi connectivity index (χ0n) is 6.39. The first kappa shape index (κ1) is 14.5. The standard InChI is InChI=1S/C4F2O2S2.K.H/c5-3(9)1(7)2(8)4(6)10;;/q;+1;-1. The Labute approximate surface area is 116 Å². The van der Waals surface area contributed by atoms with Crippen LogP contribution >= 0.6 is 24.4 Å². The van der Waals surface area contributed by atoms with Crippen molar-refractivity contribution in [1.82, 2.24) is 0 Å². The van der Waals surface area contributed by atoms with Gasteiger partial charge in [0.15, 0.2) is 0 Å². The zero-order valence-corrected chi connectivity index (χ0v) is 10.1. The fraction of sp³-hybridized carbons (Fsp3) is 0. The summed E-state index contributed by atoms with van der Waals surface area (Å²) in [6.07, 6.45) is 0. The number of Topliss-reactive ketones (excluding diaryl/α,β-unsaturated/α-hetero) is 2. The van der Waals surface area contributed by atoms with Gasteiger partial charge < -0.3 is 1.43 Å². The van der Waals surface area contributed by atoms with E-state index in [-0.39, 0.29) is 52.8 Å². The molecule has 0 atom stereocenters. The molecule has 2 nitrogen and oxygen atoms in total. The minimum Gasteiger partial charge on any atom is -1.00 e. The fourth-order valence-corrected chi connectivity index (χ4v) is 0.364. The molecule has 7 heteroatoms. The summed E-state index contributed by atoms with van der Waals surface area (Å²) in [4.78, 5) is 20.2. The smallest absolute Gasteiger partial charge is 1.00 e. The Morgan fingerprint density at radius 1 is 1.00 bits per heavy atom. The molecule has 0 fully saturated rings. The van der Waals surface area contributed by atoms with Crippen molar-refractivity contribution in [1.29, 1.82) is 0 Å². The predicted molar refractivity (Wildman–Crippen MR) is 38.5 cm³/mol. The van der Waals surface area contributed by atoms with E-state index in [1.807, 2.05) is 0 Å². The maximum Gasteiger partial charge on any atom is 1.00 e. The molecule has 0 spiro atoms. The maximum atomic E-state index is 11.6. The Bertz CT molecular complexity index is 209. The topological polar surface area (TPSA) is 34.1 Å². The molecule has 0 aliphatic carbocycles. The van der Waals surface area contributed by atoms with Crippen molar-refractivity contribution in [3.8, 4) is 0 Å². The second kappa shape index (κ2) is 6.52. The average molecular weight is 222 g/mol. The van der Waals surface area contributed by atoms with E-state index < -0.39 is 21.8 Å². The van der Waals surface area contributed by atoms with E-state index in [1.165, 1.54) is 0 Å². The number of rotatable bonds is 3. The Hall–Kier alpha value is 1.02. The van der Waals surface area contributed by atoms with Crippen LogP contribution in [0, 0.1) is 0 Å². The van der Waals surface area contributed by atoms with Gasteiger partial charge in [-0.2, -0.15) is 8.78 Å². The van der Waals surface area contributed by atoms with Gasteiger partial charge in [-0.1, -0.05) is 0 Å². The Morgan fingerprint density at radius 3 is 1.27 bits per heavy atom. The second-order valence-electron chi connectivity index (χ2n) is 1.21. The van der Waals surface area contributed by atoms with Gasteiger partial charge in [0.2, 0.25) is 10.2 Å². The predicted octanol–water partition coefficient (Wildman–Crippen LogP) is -2.17. The van der Waals surface area contributed by atoms with Crippen LogP contribution in [0.15, 0.2) is 0 Å². The van der Waals surface area contributed by atoms with Gasteiger partial charge in [-0.15, -0.1) is 0 Å². The molecule has 0 saturated heterocycles.